The molecule has 3 nitrogen and oxygen atoms in total. The first-order valence-corrected chi connectivity index (χ1v) is 10.5. The van der Waals surface area contributed by atoms with Crippen LogP contribution >= 0.6 is 0 Å². The van der Waals surface area contributed by atoms with Gasteiger partial charge in [0.2, 0.25) is 0 Å². The van der Waals surface area contributed by atoms with E-state index in [1.807, 2.05) is 25.1 Å². The van der Waals surface area contributed by atoms with Gasteiger partial charge in [0.15, 0.2) is 0 Å². The Morgan fingerprint density at radius 2 is 1.83 bits per heavy atom. The number of para-hydroxylation sites is 1. The Morgan fingerprint density at radius 3 is 2.52 bits per heavy atom. The van der Waals surface area contributed by atoms with Crippen molar-refractivity contribution in [2.45, 2.75) is 52.1 Å². The van der Waals surface area contributed by atoms with Gasteiger partial charge in [-0.15, -0.1) is 0 Å². The van der Waals surface area contributed by atoms with Crippen LogP contribution in [-0.2, 0) is 6.42 Å². The second-order valence-electron chi connectivity index (χ2n) is 7.91. The minimum atomic E-state index is -0.555. The van der Waals surface area contributed by atoms with E-state index in [-0.39, 0.29) is 17.4 Å². The normalized spacial score (nSPS) is 19.5. The van der Waals surface area contributed by atoms with E-state index in [0.717, 1.165) is 48.0 Å². The van der Waals surface area contributed by atoms with Crippen LogP contribution in [0.1, 0.15) is 56.5 Å². The summed E-state index contributed by atoms with van der Waals surface area (Å²) in [5.41, 5.74) is 3.17. The van der Waals surface area contributed by atoms with Gasteiger partial charge >= 0.3 is 0 Å². The molecule has 1 aliphatic rings. The van der Waals surface area contributed by atoms with Crippen LogP contribution in [0.15, 0.2) is 36.4 Å². The quantitative estimate of drug-likeness (QED) is 0.553. The molecule has 0 saturated heterocycles. The number of ether oxygens (including phenoxy) is 1. The van der Waals surface area contributed by atoms with Gasteiger partial charge in [0.25, 0.3) is 0 Å². The summed E-state index contributed by atoms with van der Waals surface area (Å²) in [7, 11) is 0. The molecular formula is C24H28F2N2O. The molecule has 154 valence electrons. The van der Waals surface area contributed by atoms with Crippen LogP contribution < -0.4 is 4.74 Å². The van der Waals surface area contributed by atoms with Crippen molar-refractivity contribution in [3.8, 4) is 5.75 Å². The van der Waals surface area contributed by atoms with Crippen molar-refractivity contribution in [1.82, 2.24) is 9.88 Å². The molecule has 2 aromatic carbocycles. The Morgan fingerprint density at radius 1 is 1.10 bits per heavy atom. The van der Waals surface area contributed by atoms with E-state index in [4.69, 9.17) is 4.74 Å². The minimum Gasteiger partial charge on any atom is -0.493 e. The zero-order chi connectivity index (χ0) is 20.5. The molecule has 0 amide bonds. The van der Waals surface area contributed by atoms with Crippen LogP contribution in [0.25, 0.3) is 10.9 Å². The van der Waals surface area contributed by atoms with Crippen LogP contribution in [0.4, 0.5) is 8.78 Å². The second kappa shape index (κ2) is 8.15. The molecule has 2 atom stereocenters. The molecule has 0 aliphatic carbocycles. The van der Waals surface area contributed by atoms with Crippen LogP contribution in [0.3, 0.4) is 0 Å². The molecule has 0 unspecified atom stereocenters. The van der Waals surface area contributed by atoms with Gasteiger partial charge in [0, 0.05) is 40.3 Å². The second-order valence-corrected chi connectivity index (χ2v) is 7.91. The van der Waals surface area contributed by atoms with E-state index in [9.17, 15) is 0 Å². The first kappa shape index (κ1) is 19.9. The van der Waals surface area contributed by atoms with Crippen molar-refractivity contribution < 1.29 is 13.5 Å². The van der Waals surface area contributed by atoms with Crippen molar-refractivity contribution in [3.63, 3.8) is 0 Å². The van der Waals surface area contributed by atoms with E-state index in [1.165, 1.54) is 12.1 Å². The first-order valence-electron chi connectivity index (χ1n) is 10.5. The van der Waals surface area contributed by atoms with Gasteiger partial charge in [0.1, 0.15) is 17.4 Å². The van der Waals surface area contributed by atoms with Crippen LogP contribution in [0, 0.1) is 11.6 Å². The number of hydrogen-bond acceptors (Lipinski definition) is 2. The third kappa shape index (κ3) is 3.52. The number of nitrogens with zero attached hydrogens (tertiary/aromatic N) is 1. The van der Waals surface area contributed by atoms with E-state index < -0.39 is 17.7 Å². The highest BCUT2D eigenvalue weighted by atomic mass is 19.1. The van der Waals surface area contributed by atoms with Crippen molar-refractivity contribution in [2.24, 2.45) is 0 Å². The summed E-state index contributed by atoms with van der Waals surface area (Å²) in [6, 6.07) is 10.4. The number of benzene rings is 2. The van der Waals surface area contributed by atoms with Crippen LogP contribution in [-0.4, -0.2) is 29.1 Å². The Kier molecular flexibility index (Phi) is 5.59. The Bertz CT molecular complexity index is 990. The highest BCUT2D eigenvalue weighted by Gasteiger charge is 2.38. The molecule has 0 spiro atoms. The number of rotatable bonds is 6. The van der Waals surface area contributed by atoms with Gasteiger partial charge in [-0.05, 0) is 44.4 Å². The maximum Gasteiger partial charge on any atom is 0.135 e. The predicted octanol–water partition coefficient (Wildman–Crippen LogP) is 5.98. The predicted molar refractivity (Wildman–Crippen MR) is 112 cm³/mol. The number of hydrogen-bond donors (Lipinski definition) is 1. The molecule has 0 bridgehead atoms. The summed E-state index contributed by atoms with van der Waals surface area (Å²) in [4.78, 5) is 5.68. The lowest BCUT2D eigenvalue weighted by Gasteiger charge is -2.41. The van der Waals surface area contributed by atoms with Gasteiger partial charge in [-0.3, -0.25) is 4.90 Å². The third-order valence-corrected chi connectivity index (χ3v) is 5.80. The Labute approximate surface area is 170 Å². The number of aromatic amines is 1. The van der Waals surface area contributed by atoms with E-state index in [0.29, 0.717) is 6.61 Å². The van der Waals surface area contributed by atoms with Crippen molar-refractivity contribution in [3.05, 3.63) is 64.9 Å². The maximum absolute atomic E-state index is 15.3. The van der Waals surface area contributed by atoms with E-state index in [1.54, 1.807) is 0 Å². The lowest BCUT2D eigenvalue weighted by atomic mass is 9.88. The smallest absolute Gasteiger partial charge is 0.135 e. The van der Waals surface area contributed by atoms with Gasteiger partial charge in [-0.1, -0.05) is 32.0 Å². The van der Waals surface area contributed by atoms with Gasteiger partial charge < -0.3 is 9.72 Å². The lowest BCUT2D eigenvalue weighted by Crippen LogP contribution is -2.43. The van der Waals surface area contributed by atoms with Gasteiger partial charge in [-0.2, -0.15) is 0 Å². The van der Waals surface area contributed by atoms with Gasteiger partial charge in [0.05, 0.1) is 12.6 Å². The molecule has 4 rings (SSSR count). The summed E-state index contributed by atoms with van der Waals surface area (Å²) in [6.45, 7) is 7.41. The molecule has 5 heteroatoms. The molecule has 1 aromatic heterocycles. The molecule has 3 aromatic rings. The molecule has 0 radical (unpaired) electrons. The molecular weight excluding hydrogens is 370 g/mol. The zero-order valence-corrected chi connectivity index (χ0v) is 17.3. The minimum absolute atomic E-state index is 0.0988. The topological polar surface area (TPSA) is 28.3 Å². The fourth-order valence-electron chi connectivity index (χ4n) is 4.55. The summed E-state index contributed by atoms with van der Waals surface area (Å²) < 4.78 is 36.0. The third-order valence-electron chi connectivity index (χ3n) is 5.80. The Hall–Kier alpha value is -2.40. The number of aromatic nitrogens is 1. The fourth-order valence-corrected chi connectivity index (χ4v) is 4.55. The monoisotopic (exact) mass is 398 g/mol. The van der Waals surface area contributed by atoms with E-state index in [2.05, 4.69) is 29.8 Å². The average molecular weight is 398 g/mol. The highest BCUT2D eigenvalue weighted by Crippen LogP contribution is 2.43. The molecule has 29 heavy (non-hydrogen) atoms. The Balaban J connectivity index is 1.88. The summed E-state index contributed by atoms with van der Waals surface area (Å²) >= 11 is 0. The summed E-state index contributed by atoms with van der Waals surface area (Å²) in [5.74, 6) is -0.866. The maximum atomic E-state index is 15.3. The molecule has 2 heterocycles. The van der Waals surface area contributed by atoms with Crippen molar-refractivity contribution >= 4 is 10.9 Å². The number of H-pyrrole nitrogens is 1. The van der Waals surface area contributed by atoms with Crippen molar-refractivity contribution in [1.29, 1.82) is 0 Å². The molecule has 1 N–H and O–H groups in total. The first-order chi connectivity index (χ1) is 14.0. The molecule has 1 aliphatic heterocycles. The molecule has 0 saturated carbocycles. The van der Waals surface area contributed by atoms with Crippen LogP contribution in [0.5, 0.6) is 5.75 Å². The van der Waals surface area contributed by atoms with Gasteiger partial charge in [-0.25, -0.2) is 8.78 Å². The standard InChI is InChI=1S/C24H28F2N2O/c1-4-10-28-15(3)12-18-17-8-6-7-9-21(17)27-23(18)24(28)22-19(25)13-16(14-20(22)26)29-11-5-2/h6-9,13-15,24,27H,4-5,10-12H2,1-3H3/t15-,24+/m1/s1. The summed E-state index contributed by atoms with van der Waals surface area (Å²) in [6.07, 6.45) is 2.56. The molecule has 0 fully saturated rings. The fraction of sp³-hybridized carbons (Fsp3) is 0.417. The zero-order valence-electron chi connectivity index (χ0n) is 17.3. The summed E-state index contributed by atoms with van der Waals surface area (Å²) in [5, 5.41) is 1.14. The number of fused-ring (bicyclic) bond motifs is 3. The van der Waals surface area contributed by atoms with Crippen molar-refractivity contribution in [2.75, 3.05) is 13.2 Å². The highest BCUT2D eigenvalue weighted by molar-refractivity contribution is 5.85. The SMILES string of the molecule is CCCOc1cc(F)c([C@H]2c3[nH]c4ccccc4c3C[C@@H](C)N2CCC)c(F)c1. The number of halogens is 2. The van der Waals surface area contributed by atoms with E-state index >= 15 is 8.78 Å². The number of nitrogens with one attached hydrogen (secondary N) is 1. The van der Waals surface area contributed by atoms with Crippen LogP contribution in [0.2, 0.25) is 0 Å². The largest absolute Gasteiger partial charge is 0.493 e. The lowest BCUT2D eigenvalue weighted by molar-refractivity contribution is 0.143. The average Bonchev–Trinajstić information content (AvgIpc) is 3.06.